The smallest absolute Gasteiger partial charge is 0.375 e. The second kappa shape index (κ2) is 33.0. The topological polar surface area (TPSA) is 350 Å². The minimum absolute atomic E-state index is 0.00557. The Morgan fingerprint density at radius 2 is 1.25 bits per heavy atom. The number of ketones is 2. The Kier molecular flexibility index (Phi) is 26.1. The van der Waals surface area contributed by atoms with Crippen molar-refractivity contribution in [1.29, 1.82) is 0 Å². The lowest BCUT2D eigenvalue weighted by atomic mass is 9.45. The summed E-state index contributed by atoms with van der Waals surface area (Å²) >= 11 is 13.6. The number of fused-ring (bicyclic) bond motifs is 5. The monoisotopic (exact) mass is 1320 g/mol. The van der Waals surface area contributed by atoms with E-state index in [1.54, 1.807) is 50.6 Å². The third-order valence-electron chi connectivity index (χ3n) is 18.0. The number of amides is 2. The normalized spacial score (nSPS) is 24.5. The van der Waals surface area contributed by atoms with Gasteiger partial charge < -0.3 is 75.6 Å². The molecule has 3 fully saturated rings. The van der Waals surface area contributed by atoms with Crippen LogP contribution in [0.2, 0.25) is 0 Å². The summed E-state index contributed by atoms with van der Waals surface area (Å²) in [5.41, 5.74) is 1.94. The van der Waals surface area contributed by atoms with Crippen molar-refractivity contribution in [1.82, 2.24) is 10.6 Å². The molecule has 0 aliphatic heterocycles. The number of Topliss-reactive ketones (excluding diaryl/α,β-unsaturated/α-hetero) is 1. The van der Waals surface area contributed by atoms with Crippen LogP contribution < -0.4 is 30.7 Å². The number of carbonyl (C=O) groups excluding carboxylic acids is 5. The number of alkyl halides is 2. The number of carboxylic acid groups (broad SMARTS) is 2. The highest BCUT2D eigenvalue weighted by Gasteiger charge is 2.76. The molecule has 0 unspecified atom stereocenters. The molecular formula is C69H82Cl2N4O18. The van der Waals surface area contributed by atoms with Crippen LogP contribution in [0.3, 0.4) is 0 Å². The van der Waals surface area contributed by atoms with Crippen molar-refractivity contribution in [2.45, 2.75) is 114 Å². The van der Waals surface area contributed by atoms with E-state index >= 15 is 0 Å². The summed E-state index contributed by atoms with van der Waals surface area (Å²) in [6, 6.07) is 28.5. The predicted molar refractivity (Wildman–Crippen MR) is 348 cm³/mol. The largest absolute Gasteiger partial charge is 0.506 e. The maximum absolute atomic E-state index is 13.6. The first kappa shape index (κ1) is 73.7. The molecule has 0 radical (unpaired) electrons. The van der Waals surface area contributed by atoms with Crippen LogP contribution in [0.1, 0.15) is 105 Å². The third-order valence-corrected chi connectivity index (χ3v) is 19.2. The maximum atomic E-state index is 13.6. The minimum atomic E-state index is -1.53. The van der Waals surface area contributed by atoms with E-state index in [2.05, 4.69) is 21.3 Å². The van der Waals surface area contributed by atoms with Gasteiger partial charge in [-0.25, -0.2) is 14.4 Å². The van der Waals surface area contributed by atoms with E-state index in [9.17, 15) is 59.1 Å². The number of aliphatic hydroxyl groups is 3. The number of hydrogen-bond donors (Lipinski definition) is 11. The lowest BCUT2D eigenvalue weighted by Crippen LogP contribution is -2.69. The second-order valence-corrected chi connectivity index (χ2v) is 24.8. The number of rotatable bonds is 24. The fourth-order valence-corrected chi connectivity index (χ4v) is 14.1. The number of methoxy groups -OCH3 is 2. The quantitative estimate of drug-likeness (QED) is 0.00902. The van der Waals surface area contributed by atoms with Crippen LogP contribution >= 0.6 is 23.2 Å². The molecule has 93 heavy (non-hydrogen) atoms. The number of nitrogens with one attached hydrogen (secondary N) is 4. The predicted octanol–water partition coefficient (Wildman–Crippen LogP) is 9.03. The number of aliphatic carboxylic acids is 2. The summed E-state index contributed by atoms with van der Waals surface area (Å²) in [5, 5.41) is 78.7. The number of furan rings is 1. The first-order chi connectivity index (χ1) is 44.1. The maximum Gasteiger partial charge on any atom is 0.375 e. The van der Waals surface area contributed by atoms with E-state index in [-0.39, 0.29) is 82.3 Å². The van der Waals surface area contributed by atoms with Crippen LogP contribution in [0.25, 0.3) is 0 Å². The number of ether oxygens (including phenoxy) is 3. The second-order valence-electron chi connectivity index (χ2n) is 23.9. The molecule has 0 spiro atoms. The van der Waals surface area contributed by atoms with Gasteiger partial charge >= 0.3 is 17.9 Å². The highest BCUT2D eigenvalue weighted by molar-refractivity contribution is 6.29. The van der Waals surface area contributed by atoms with E-state index in [1.165, 1.54) is 41.7 Å². The van der Waals surface area contributed by atoms with Gasteiger partial charge in [0.05, 0.1) is 60.9 Å². The lowest BCUT2D eigenvalue weighted by molar-refractivity contribution is -0.177. The summed E-state index contributed by atoms with van der Waals surface area (Å²) < 4.78 is 21.6. The number of phenols is 2. The van der Waals surface area contributed by atoms with Gasteiger partial charge in [0.15, 0.2) is 17.2 Å². The van der Waals surface area contributed by atoms with Crippen LogP contribution in [0.4, 0.5) is 11.4 Å². The summed E-state index contributed by atoms with van der Waals surface area (Å²) in [5.74, 6) is -3.06. The molecule has 2 amide bonds. The van der Waals surface area contributed by atoms with Gasteiger partial charge in [-0.1, -0.05) is 68.8 Å². The average molecular weight is 1330 g/mol. The Hall–Kier alpha value is -8.35. The van der Waals surface area contributed by atoms with Crippen LogP contribution in [0.15, 0.2) is 144 Å². The number of benzene rings is 4. The van der Waals surface area contributed by atoms with Gasteiger partial charge in [0.25, 0.3) is 0 Å². The average Bonchev–Trinajstić information content (AvgIpc) is 1.62. The first-order valence-corrected chi connectivity index (χ1v) is 31.0. The van der Waals surface area contributed by atoms with Crippen molar-refractivity contribution < 1.29 is 87.9 Å². The molecule has 12 atom stereocenters. The van der Waals surface area contributed by atoms with Crippen LogP contribution in [0.5, 0.6) is 23.0 Å². The number of anilines is 2. The van der Waals surface area contributed by atoms with Gasteiger partial charge in [-0.2, -0.15) is 0 Å². The number of phenolic OH excluding ortho intramolecular Hbond substituents is 2. The molecule has 500 valence electrons. The Morgan fingerprint density at radius 3 is 1.68 bits per heavy atom. The van der Waals surface area contributed by atoms with E-state index in [0.29, 0.717) is 68.5 Å². The van der Waals surface area contributed by atoms with Crippen LogP contribution in [-0.2, 0) is 46.3 Å². The Balaban J connectivity index is 0.000000213. The molecule has 0 saturated heterocycles. The molecule has 22 nitrogen and oxygen atoms in total. The number of aliphatic hydroxyl groups excluding tert-OH is 3. The van der Waals surface area contributed by atoms with E-state index in [1.807, 2.05) is 89.2 Å². The molecule has 4 aliphatic rings. The zero-order chi connectivity index (χ0) is 68.4. The van der Waals surface area contributed by atoms with Gasteiger partial charge in [-0.15, -0.1) is 23.2 Å². The minimum Gasteiger partial charge on any atom is -0.506 e. The molecule has 1 heterocycles. The fourth-order valence-electron chi connectivity index (χ4n) is 13.3. The third kappa shape index (κ3) is 17.5. The van der Waals surface area contributed by atoms with Gasteiger partial charge in [0.2, 0.25) is 18.6 Å². The summed E-state index contributed by atoms with van der Waals surface area (Å²) in [6.07, 6.45) is 9.68. The summed E-state index contributed by atoms with van der Waals surface area (Å²) in [4.78, 5) is 77.9. The summed E-state index contributed by atoms with van der Waals surface area (Å²) in [7, 11) is 3.28. The SMILES string of the molecule is COc1ccc(C[C@@H](C)NC[C@H](O)c2ccc(O)c(NC=O)c2)cc1.COc1ccc(C[C@@H](C)NC[C@H](O)c2ccc(O)c(NC=O)c2)cc1.C[C@@H]1C[C@H]2[C@@H]3CCC4=CC(=O)C=C[C@]4(C)[C@@]3(Cl)[C@@H](O)C[C@]2(C)[C@@]1(OC(=O)c1ccco1)C(=O)CCl.O=C(O)/C=C/C(=O)O. The number of esters is 1. The van der Waals surface area contributed by atoms with E-state index < -0.39 is 57.5 Å². The van der Waals surface area contributed by atoms with Crippen molar-refractivity contribution in [3.63, 3.8) is 0 Å². The molecule has 11 N–H and O–H groups in total. The molecule has 1 aromatic heterocycles. The lowest BCUT2D eigenvalue weighted by Gasteiger charge is -2.64. The molecule has 9 rings (SSSR count). The van der Waals surface area contributed by atoms with Crippen molar-refractivity contribution in [2.75, 3.05) is 43.8 Å². The molecule has 24 heteroatoms. The molecule has 4 aromatic carbocycles. The van der Waals surface area contributed by atoms with Crippen LogP contribution in [0, 0.1) is 28.6 Å². The number of allylic oxidation sites excluding steroid dienone is 4. The Morgan fingerprint density at radius 1 is 0.753 bits per heavy atom. The number of hydrogen-bond acceptors (Lipinski definition) is 18. The highest BCUT2D eigenvalue weighted by Crippen LogP contribution is 2.72. The van der Waals surface area contributed by atoms with Gasteiger partial charge in [-0.3, -0.25) is 19.2 Å². The molecule has 0 bridgehead atoms. The van der Waals surface area contributed by atoms with E-state index in [0.717, 1.165) is 29.9 Å². The zero-order valence-corrected chi connectivity index (χ0v) is 54.2. The first-order valence-electron chi connectivity index (χ1n) is 30.1. The van der Waals surface area contributed by atoms with Crippen molar-refractivity contribution in [2.24, 2.45) is 28.6 Å². The number of carbonyl (C=O) groups is 7. The van der Waals surface area contributed by atoms with Crippen LogP contribution in [-0.4, -0.2) is 140 Å². The van der Waals surface area contributed by atoms with Crippen molar-refractivity contribution in [3.8, 4) is 23.0 Å². The Bertz CT molecular complexity index is 3350. The molecule has 5 aromatic rings. The van der Waals surface area contributed by atoms with Crippen molar-refractivity contribution in [3.05, 3.63) is 167 Å². The zero-order valence-electron chi connectivity index (χ0n) is 52.7. The standard InChI is InChI=1S/C27H30Cl2O6.2C19H24N2O4.C4H4O4/c1-15-11-19-18-7-6-16-12-17(30)8-9-24(16,2)26(18,29)21(31)13-25(19,3)27(15,22(32)14-28)35-23(33)20-5-4-10-34-20;2*1-13(9-14-3-6-16(25-2)7-4-14)20-11-19(24)15-5-8-18(23)17(10-15)21-12-22;5-3(6)1-2-4(7)8/h4-5,8-10,12,15,18-19,21,31H,6-7,11,13-14H2,1-3H3;2*3-8,10,12-13,19-20,23-24H,9,11H2,1-2H3,(H,21,22);1-2H,(H,5,6)(H,7,8)/b;;;2-1+/t15-,18+,19+,21+,24+,25+,26+,27+;2*13-,19+;/m111./s1. The molecule has 4 aliphatic carbocycles. The summed E-state index contributed by atoms with van der Waals surface area (Å²) in [6.45, 7) is 10.6. The van der Waals surface area contributed by atoms with Gasteiger partial charge in [-0.05, 0) is 159 Å². The number of carboxylic acids is 2. The molecular weight excluding hydrogens is 1240 g/mol. The van der Waals surface area contributed by atoms with Crippen molar-refractivity contribution >= 4 is 76.9 Å². The Labute approximate surface area is 549 Å². The van der Waals surface area contributed by atoms with Gasteiger partial charge in [0, 0.05) is 54.1 Å². The number of halogens is 2. The highest BCUT2D eigenvalue weighted by atomic mass is 35.5. The fraction of sp³-hybridized carbons (Fsp3) is 0.406. The van der Waals surface area contributed by atoms with E-state index in [4.69, 9.17) is 52.0 Å². The number of aromatic hydroxyl groups is 2. The van der Waals surface area contributed by atoms with Gasteiger partial charge in [0.1, 0.15) is 23.0 Å². The molecule has 3 saturated carbocycles.